The second-order valence-electron chi connectivity index (χ2n) is 12.4. The number of hydrogen-bond acceptors (Lipinski definition) is 2. The average molecular weight is 658 g/mol. The zero-order chi connectivity index (χ0) is 33.5. The highest BCUT2D eigenvalue weighted by molar-refractivity contribution is 6.36. The molecule has 7 aromatic carbocycles. The smallest absolute Gasteiger partial charge is 0.104 e. The number of hydrogen-bond donors (Lipinski definition) is 0. The first-order chi connectivity index (χ1) is 24.7. The summed E-state index contributed by atoms with van der Waals surface area (Å²) < 4.78 is 6.27. The Balaban J connectivity index is 1.51. The van der Waals surface area contributed by atoms with Gasteiger partial charge in [-0.05, 0) is 36.4 Å². The lowest BCUT2D eigenvalue weighted by molar-refractivity contribution is 1.07. The SMILES string of the molecule is N#Cc1c(-n2c3ccccc3c3ccccc32)c(Cl)c(-n2c3ccccc3c3ccccc32)c(C#N)c1-n1c2ccccc2c2ccccc21. The molecule has 10 aromatic rings. The molecule has 0 unspecified atom stereocenters. The summed E-state index contributed by atoms with van der Waals surface area (Å²) in [4.78, 5) is 0. The lowest BCUT2D eigenvalue weighted by Gasteiger charge is -2.23. The molecule has 0 atom stereocenters. The third kappa shape index (κ3) is 3.64. The third-order valence-corrected chi connectivity index (χ3v) is 10.4. The molecule has 3 heterocycles. The van der Waals surface area contributed by atoms with Crippen molar-refractivity contribution in [2.45, 2.75) is 0 Å². The molecule has 0 aliphatic heterocycles. The summed E-state index contributed by atoms with van der Waals surface area (Å²) in [5, 5.41) is 29.2. The van der Waals surface area contributed by atoms with E-state index in [9.17, 15) is 10.5 Å². The van der Waals surface area contributed by atoms with Crippen molar-refractivity contribution in [1.29, 1.82) is 10.5 Å². The number of nitriles is 2. The van der Waals surface area contributed by atoms with E-state index in [1.165, 1.54) is 0 Å². The van der Waals surface area contributed by atoms with E-state index in [4.69, 9.17) is 11.6 Å². The Kier molecular flexibility index (Phi) is 5.99. The number of halogens is 1. The van der Waals surface area contributed by atoms with Gasteiger partial charge < -0.3 is 13.7 Å². The van der Waals surface area contributed by atoms with Crippen LogP contribution in [-0.2, 0) is 0 Å². The van der Waals surface area contributed by atoms with E-state index in [0.29, 0.717) is 33.2 Å². The van der Waals surface area contributed by atoms with E-state index in [1.807, 2.05) is 84.9 Å². The highest BCUT2D eigenvalue weighted by Gasteiger charge is 2.31. The van der Waals surface area contributed by atoms with Crippen molar-refractivity contribution in [3.05, 3.63) is 162 Å². The second-order valence-corrected chi connectivity index (χ2v) is 12.8. The summed E-state index contributed by atoms with van der Waals surface area (Å²) in [5.74, 6) is 0. The van der Waals surface area contributed by atoms with Gasteiger partial charge in [0.25, 0.3) is 0 Å². The Bertz CT molecular complexity index is 2830. The van der Waals surface area contributed by atoms with E-state index in [1.54, 1.807) is 0 Å². The van der Waals surface area contributed by atoms with Gasteiger partial charge in [-0.2, -0.15) is 10.5 Å². The molecule has 50 heavy (non-hydrogen) atoms. The van der Waals surface area contributed by atoms with E-state index in [0.717, 1.165) is 65.4 Å². The molecule has 0 aliphatic rings. The summed E-state index contributed by atoms with van der Waals surface area (Å²) in [6.45, 7) is 0. The van der Waals surface area contributed by atoms with Crippen molar-refractivity contribution < 1.29 is 0 Å². The Morgan fingerprint density at radius 3 is 0.800 bits per heavy atom. The van der Waals surface area contributed by atoms with E-state index in [2.05, 4.69) is 86.5 Å². The maximum absolute atomic E-state index is 11.3. The molecule has 0 saturated carbocycles. The standard InChI is InChI=1S/C44H24ClN5/c45-41-43(49-37-21-9-3-15-29(37)30-16-4-10-22-38(30)49)33(25-46)42(48-35-19-7-1-13-27(35)28-14-2-8-20-36(28)48)34(26-47)44(41)50-39-23-11-5-17-31(39)32-18-6-12-24-40(32)50/h1-24H. The fourth-order valence-electron chi connectivity index (χ4n) is 8.03. The van der Waals surface area contributed by atoms with Crippen LogP contribution in [0.2, 0.25) is 5.02 Å². The van der Waals surface area contributed by atoms with Crippen LogP contribution in [0.4, 0.5) is 0 Å². The highest BCUT2D eigenvalue weighted by atomic mass is 35.5. The Hall–Kier alpha value is -6.79. The zero-order valence-electron chi connectivity index (χ0n) is 26.5. The summed E-state index contributed by atoms with van der Waals surface area (Å²) in [6, 6.07) is 54.2. The summed E-state index contributed by atoms with van der Waals surface area (Å²) in [6.07, 6.45) is 0. The van der Waals surface area contributed by atoms with Crippen molar-refractivity contribution >= 4 is 77.0 Å². The topological polar surface area (TPSA) is 62.4 Å². The molecule has 0 spiro atoms. The molecule has 0 bridgehead atoms. The van der Waals surface area contributed by atoms with Gasteiger partial charge in [-0.15, -0.1) is 0 Å². The monoisotopic (exact) mass is 657 g/mol. The van der Waals surface area contributed by atoms with E-state index < -0.39 is 0 Å². The van der Waals surface area contributed by atoms with Crippen molar-refractivity contribution in [2.24, 2.45) is 0 Å². The quantitative estimate of drug-likeness (QED) is 0.190. The van der Waals surface area contributed by atoms with Crippen LogP contribution >= 0.6 is 11.6 Å². The van der Waals surface area contributed by atoms with Gasteiger partial charge >= 0.3 is 0 Å². The zero-order valence-corrected chi connectivity index (χ0v) is 27.2. The van der Waals surface area contributed by atoms with Gasteiger partial charge in [-0.3, -0.25) is 0 Å². The van der Waals surface area contributed by atoms with E-state index >= 15 is 0 Å². The molecule has 3 aromatic heterocycles. The Labute approximate surface area is 291 Å². The van der Waals surface area contributed by atoms with Gasteiger partial charge in [0.15, 0.2) is 0 Å². The fourth-order valence-corrected chi connectivity index (χ4v) is 8.38. The highest BCUT2D eigenvalue weighted by Crippen LogP contribution is 2.46. The molecular formula is C44H24ClN5. The summed E-state index contributed by atoms with van der Waals surface area (Å²) in [7, 11) is 0. The lowest BCUT2D eigenvalue weighted by Crippen LogP contribution is -2.12. The van der Waals surface area contributed by atoms with Crippen molar-refractivity contribution in [3.63, 3.8) is 0 Å². The van der Waals surface area contributed by atoms with Crippen molar-refractivity contribution in [3.8, 4) is 29.2 Å². The third-order valence-electron chi connectivity index (χ3n) is 10.00. The molecule has 0 fully saturated rings. The van der Waals surface area contributed by atoms with Gasteiger partial charge in [0.05, 0.1) is 55.2 Å². The van der Waals surface area contributed by atoms with E-state index in [-0.39, 0.29) is 0 Å². The molecule has 0 amide bonds. The lowest BCUT2D eigenvalue weighted by atomic mass is 10.0. The first-order valence-electron chi connectivity index (χ1n) is 16.4. The Morgan fingerprint density at radius 1 is 0.340 bits per heavy atom. The number of fused-ring (bicyclic) bond motifs is 9. The predicted octanol–water partition coefficient (Wildman–Crippen LogP) is 11.4. The molecule has 5 nitrogen and oxygen atoms in total. The number of rotatable bonds is 3. The molecule has 0 radical (unpaired) electrons. The van der Waals surface area contributed by atoms with Gasteiger partial charge in [0, 0.05) is 32.3 Å². The van der Waals surface area contributed by atoms with Crippen LogP contribution in [0, 0.1) is 22.7 Å². The first-order valence-corrected chi connectivity index (χ1v) is 16.7. The van der Waals surface area contributed by atoms with Gasteiger partial charge in [-0.25, -0.2) is 0 Å². The van der Waals surface area contributed by atoms with Crippen LogP contribution in [0.1, 0.15) is 11.1 Å². The number of nitrogens with zero attached hydrogens (tertiary/aromatic N) is 5. The van der Waals surface area contributed by atoms with Crippen LogP contribution in [0.15, 0.2) is 146 Å². The minimum atomic E-state index is 0.314. The molecule has 10 rings (SSSR count). The number of aromatic nitrogens is 3. The van der Waals surface area contributed by atoms with Crippen LogP contribution < -0.4 is 0 Å². The second kappa shape index (κ2) is 10.6. The first kappa shape index (κ1) is 28.2. The summed E-state index contributed by atoms with van der Waals surface area (Å²) >= 11 is 7.78. The van der Waals surface area contributed by atoms with Crippen LogP contribution in [0.3, 0.4) is 0 Å². The molecule has 0 N–H and O–H groups in total. The van der Waals surface area contributed by atoms with Gasteiger partial charge in [0.2, 0.25) is 0 Å². The number of benzene rings is 7. The molecule has 0 aliphatic carbocycles. The minimum Gasteiger partial charge on any atom is -0.306 e. The van der Waals surface area contributed by atoms with Crippen LogP contribution in [0.25, 0.3) is 82.5 Å². The molecule has 6 heteroatoms. The normalized spacial score (nSPS) is 11.7. The largest absolute Gasteiger partial charge is 0.306 e. The van der Waals surface area contributed by atoms with Crippen molar-refractivity contribution in [2.75, 3.05) is 0 Å². The molecular weight excluding hydrogens is 634 g/mol. The van der Waals surface area contributed by atoms with Gasteiger partial charge in [-0.1, -0.05) is 121 Å². The minimum absolute atomic E-state index is 0.314. The molecule has 232 valence electrons. The van der Waals surface area contributed by atoms with Gasteiger partial charge in [0.1, 0.15) is 23.3 Å². The molecule has 0 saturated heterocycles. The van der Waals surface area contributed by atoms with Crippen LogP contribution in [0.5, 0.6) is 0 Å². The average Bonchev–Trinajstić information content (AvgIpc) is 3.80. The van der Waals surface area contributed by atoms with Crippen LogP contribution in [-0.4, -0.2) is 13.7 Å². The maximum atomic E-state index is 11.3. The Morgan fingerprint density at radius 2 is 0.560 bits per heavy atom. The van der Waals surface area contributed by atoms with Crippen molar-refractivity contribution in [1.82, 2.24) is 13.7 Å². The maximum Gasteiger partial charge on any atom is 0.104 e. The predicted molar refractivity (Wildman–Crippen MR) is 204 cm³/mol. The fraction of sp³-hybridized carbons (Fsp3) is 0. The number of para-hydroxylation sites is 6. The summed E-state index contributed by atoms with van der Waals surface area (Å²) in [5.41, 5.74) is 7.62.